The molecule has 1 saturated carbocycles. The predicted molar refractivity (Wildman–Crippen MR) is 77.9 cm³/mol. The van der Waals surface area contributed by atoms with Gasteiger partial charge in [0.25, 0.3) is 11.8 Å². The van der Waals surface area contributed by atoms with Crippen LogP contribution in [0, 0.1) is 5.41 Å². The summed E-state index contributed by atoms with van der Waals surface area (Å²) in [6.07, 6.45) is 6.31. The molecule has 2 amide bonds. The number of fused-ring (bicyclic) bond motifs is 1. The summed E-state index contributed by atoms with van der Waals surface area (Å²) < 4.78 is 0. The molecule has 0 N–H and O–H groups in total. The van der Waals surface area contributed by atoms with E-state index in [1.54, 1.807) is 31.2 Å². The van der Waals surface area contributed by atoms with E-state index in [0.717, 1.165) is 12.8 Å². The van der Waals surface area contributed by atoms with Gasteiger partial charge < -0.3 is 0 Å². The Morgan fingerprint density at radius 2 is 1.71 bits per heavy atom. The van der Waals surface area contributed by atoms with Gasteiger partial charge in [0.05, 0.1) is 11.1 Å². The van der Waals surface area contributed by atoms with Gasteiger partial charge in [-0.15, -0.1) is 0 Å². The molecule has 1 heterocycles. The number of imide groups is 1. The number of amides is 2. The van der Waals surface area contributed by atoms with E-state index in [1.165, 1.54) is 4.90 Å². The zero-order valence-corrected chi connectivity index (χ0v) is 12.0. The fraction of sp³-hybridized carbons (Fsp3) is 0.353. The van der Waals surface area contributed by atoms with Crippen molar-refractivity contribution in [3.8, 4) is 0 Å². The lowest BCUT2D eigenvalue weighted by atomic mass is 9.98. The second-order valence-electron chi connectivity index (χ2n) is 5.78. The monoisotopic (exact) mass is 283 g/mol. The maximum atomic E-state index is 12.1. The van der Waals surface area contributed by atoms with Crippen molar-refractivity contribution >= 4 is 17.6 Å². The standard InChI is InChI=1S/C17H17NO3/c1-12(19)17(9-10-17)8-4-5-11-18-15(20)13-6-2-3-7-14(13)16(18)21/h2-7H,8-11H2,1H3/b5-4+. The van der Waals surface area contributed by atoms with Gasteiger partial charge in [-0.3, -0.25) is 19.3 Å². The van der Waals surface area contributed by atoms with Crippen LogP contribution in [-0.4, -0.2) is 29.0 Å². The largest absolute Gasteiger partial charge is 0.299 e. The predicted octanol–water partition coefficient (Wildman–Crippen LogP) is 2.60. The first kappa shape index (κ1) is 13.7. The minimum Gasteiger partial charge on any atom is -0.299 e. The smallest absolute Gasteiger partial charge is 0.261 e. The van der Waals surface area contributed by atoms with Gasteiger partial charge in [0.15, 0.2) is 0 Å². The summed E-state index contributed by atoms with van der Waals surface area (Å²) in [5, 5.41) is 0. The molecule has 0 aromatic heterocycles. The molecule has 1 fully saturated rings. The van der Waals surface area contributed by atoms with Crippen molar-refractivity contribution in [2.24, 2.45) is 5.41 Å². The number of benzene rings is 1. The lowest BCUT2D eigenvalue weighted by Crippen LogP contribution is -2.29. The highest BCUT2D eigenvalue weighted by atomic mass is 16.2. The number of hydrogen-bond donors (Lipinski definition) is 0. The van der Waals surface area contributed by atoms with E-state index >= 15 is 0 Å². The highest BCUT2D eigenvalue weighted by Gasteiger charge is 2.45. The normalized spacial score (nSPS) is 19.2. The fourth-order valence-corrected chi connectivity index (χ4v) is 2.74. The van der Waals surface area contributed by atoms with Gasteiger partial charge in [0, 0.05) is 12.0 Å². The zero-order valence-electron chi connectivity index (χ0n) is 12.0. The molecule has 1 aliphatic heterocycles. The summed E-state index contributed by atoms with van der Waals surface area (Å²) in [7, 11) is 0. The molecular weight excluding hydrogens is 266 g/mol. The lowest BCUT2D eigenvalue weighted by Gasteiger charge is -2.11. The van der Waals surface area contributed by atoms with E-state index < -0.39 is 0 Å². The highest BCUT2D eigenvalue weighted by Crippen LogP contribution is 2.49. The molecule has 0 radical (unpaired) electrons. The Labute approximate surface area is 123 Å². The fourth-order valence-electron chi connectivity index (χ4n) is 2.74. The van der Waals surface area contributed by atoms with Crippen LogP contribution in [0.25, 0.3) is 0 Å². The molecule has 0 unspecified atom stereocenters. The van der Waals surface area contributed by atoms with Gasteiger partial charge in [-0.05, 0) is 38.3 Å². The van der Waals surface area contributed by atoms with E-state index in [-0.39, 0.29) is 29.6 Å². The maximum absolute atomic E-state index is 12.1. The molecule has 1 aliphatic carbocycles. The lowest BCUT2D eigenvalue weighted by molar-refractivity contribution is -0.121. The van der Waals surface area contributed by atoms with Crippen molar-refractivity contribution in [3.63, 3.8) is 0 Å². The number of ketones is 1. The van der Waals surface area contributed by atoms with Crippen molar-refractivity contribution in [2.45, 2.75) is 26.2 Å². The Morgan fingerprint density at radius 1 is 1.14 bits per heavy atom. The van der Waals surface area contributed by atoms with Crippen LogP contribution in [0.5, 0.6) is 0 Å². The van der Waals surface area contributed by atoms with Crippen LogP contribution in [0.4, 0.5) is 0 Å². The Kier molecular flexibility index (Phi) is 3.24. The molecule has 4 heteroatoms. The van der Waals surface area contributed by atoms with Crippen molar-refractivity contribution in [1.82, 2.24) is 4.90 Å². The van der Waals surface area contributed by atoms with Crippen LogP contribution >= 0.6 is 0 Å². The summed E-state index contributed by atoms with van der Waals surface area (Å²) in [5.41, 5.74) is 0.773. The molecule has 2 aliphatic rings. The number of hydrogen-bond acceptors (Lipinski definition) is 3. The van der Waals surface area contributed by atoms with Gasteiger partial charge in [0.1, 0.15) is 5.78 Å². The Hall–Kier alpha value is -2.23. The van der Waals surface area contributed by atoms with Crippen LogP contribution in [-0.2, 0) is 4.79 Å². The highest BCUT2D eigenvalue weighted by molar-refractivity contribution is 6.21. The molecule has 21 heavy (non-hydrogen) atoms. The summed E-state index contributed by atoms with van der Waals surface area (Å²) >= 11 is 0. The number of allylic oxidation sites excluding steroid dienone is 1. The first-order valence-corrected chi connectivity index (χ1v) is 7.16. The molecule has 3 rings (SSSR count). The molecule has 4 nitrogen and oxygen atoms in total. The van der Waals surface area contributed by atoms with Crippen molar-refractivity contribution in [2.75, 3.05) is 6.54 Å². The Morgan fingerprint density at radius 3 is 2.19 bits per heavy atom. The third-order valence-corrected chi connectivity index (χ3v) is 4.44. The number of nitrogens with zero attached hydrogens (tertiary/aromatic N) is 1. The molecule has 1 aromatic carbocycles. The first-order chi connectivity index (χ1) is 10.1. The second-order valence-corrected chi connectivity index (χ2v) is 5.78. The third-order valence-electron chi connectivity index (χ3n) is 4.44. The van der Waals surface area contributed by atoms with Gasteiger partial charge in [-0.25, -0.2) is 0 Å². The van der Waals surface area contributed by atoms with Gasteiger partial charge >= 0.3 is 0 Å². The van der Waals surface area contributed by atoms with Crippen LogP contribution in [0.2, 0.25) is 0 Å². The third kappa shape index (κ3) is 2.31. The van der Waals surface area contributed by atoms with E-state index in [1.807, 2.05) is 12.2 Å². The van der Waals surface area contributed by atoms with Crippen LogP contribution in [0.1, 0.15) is 46.9 Å². The minimum absolute atomic E-state index is 0.168. The number of carbonyl (C=O) groups is 3. The Balaban J connectivity index is 1.64. The number of rotatable bonds is 5. The summed E-state index contributed by atoms with van der Waals surface area (Å²) in [4.78, 5) is 37.0. The molecule has 0 saturated heterocycles. The van der Waals surface area contributed by atoms with E-state index in [2.05, 4.69) is 0 Å². The first-order valence-electron chi connectivity index (χ1n) is 7.16. The average Bonchev–Trinajstić information content (AvgIpc) is 3.23. The van der Waals surface area contributed by atoms with Gasteiger partial charge in [0.2, 0.25) is 0 Å². The maximum Gasteiger partial charge on any atom is 0.261 e. The minimum atomic E-state index is -0.243. The van der Waals surface area contributed by atoms with Crippen molar-refractivity contribution in [1.29, 1.82) is 0 Å². The summed E-state index contributed by atoms with van der Waals surface area (Å²) in [5.74, 6) is -0.256. The van der Waals surface area contributed by atoms with Crippen LogP contribution < -0.4 is 0 Å². The zero-order chi connectivity index (χ0) is 15.0. The quantitative estimate of drug-likeness (QED) is 0.616. The molecule has 0 spiro atoms. The van der Waals surface area contributed by atoms with Crippen molar-refractivity contribution in [3.05, 3.63) is 47.5 Å². The van der Waals surface area contributed by atoms with Crippen LogP contribution in [0.3, 0.4) is 0 Å². The molecule has 0 atom stereocenters. The van der Waals surface area contributed by atoms with Crippen molar-refractivity contribution < 1.29 is 14.4 Å². The summed E-state index contributed by atoms with van der Waals surface area (Å²) in [6, 6.07) is 6.86. The van der Waals surface area contributed by atoms with E-state index in [4.69, 9.17) is 0 Å². The summed E-state index contributed by atoms with van der Waals surface area (Å²) in [6.45, 7) is 1.89. The van der Waals surface area contributed by atoms with E-state index in [9.17, 15) is 14.4 Å². The molecule has 108 valence electrons. The number of Topliss-reactive ketones (excluding diaryl/α,β-unsaturated/α-hetero) is 1. The molecule has 1 aromatic rings. The molecular formula is C17H17NO3. The topological polar surface area (TPSA) is 54.5 Å². The van der Waals surface area contributed by atoms with Gasteiger partial charge in [-0.2, -0.15) is 0 Å². The second kappa shape index (κ2) is 4.95. The SMILES string of the molecule is CC(=O)C1(C/C=C/CN2C(=O)c3ccccc3C2=O)CC1. The van der Waals surface area contributed by atoms with E-state index in [0.29, 0.717) is 17.5 Å². The van der Waals surface area contributed by atoms with Gasteiger partial charge in [-0.1, -0.05) is 24.3 Å². The number of carbonyl (C=O) groups excluding carboxylic acids is 3. The average molecular weight is 283 g/mol. The Bertz CT molecular complexity index is 621. The van der Waals surface area contributed by atoms with Crippen LogP contribution in [0.15, 0.2) is 36.4 Å². The molecule has 0 bridgehead atoms.